The van der Waals surface area contributed by atoms with Gasteiger partial charge in [-0.3, -0.25) is 4.79 Å². The van der Waals surface area contributed by atoms with Crippen LogP contribution in [-0.4, -0.2) is 30.2 Å². The quantitative estimate of drug-likeness (QED) is 0.693. The number of carbonyl (C=O) groups is 1. The Morgan fingerprint density at radius 1 is 1.56 bits per heavy atom. The molecule has 0 fully saturated rings. The van der Waals surface area contributed by atoms with E-state index in [2.05, 4.69) is 10.6 Å². The third-order valence-electron chi connectivity index (χ3n) is 3.17. The van der Waals surface area contributed by atoms with E-state index in [0.29, 0.717) is 18.5 Å². The summed E-state index contributed by atoms with van der Waals surface area (Å²) in [6, 6.07) is 5.79. The smallest absolute Gasteiger partial charge is 0.251 e. The van der Waals surface area contributed by atoms with Crippen molar-refractivity contribution in [3.63, 3.8) is 0 Å². The number of hydrogen-bond donors (Lipinski definition) is 3. The Morgan fingerprint density at radius 2 is 2.39 bits per heavy atom. The molecule has 1 atom stereocenters. The highest BCUT2D eigenvalue weighted by Crippen LogP contribution is 2.23. The van der Waals surface area contributed by atoms with E-state index < -0.39 is 0 Å². The van der Waals surface area contributed by atoms with Gasteiger partial charge in [-0.05, 0) is 43.9 Å². The number of carbonyl (C=O) groups excluding carboxylic acids is 1. The molecule has 98 valence electrons. The Bertz CT molecular complexity index is 430. The molecule has 1 unspecified atom stereocenters. The maximum Gasteiger partial charge on any atom is 0.251 e. The molecule has 1 aromatic carbocycles. The van der Waals surface area contributed by atoms with Crippen LogP contribution in [0.5, 0.6) is 0 Å². The van der Waals surface area contributed by atoms with Gasteiger partial charge in [-0.15, -0.1) is 0 Å². The molecule has 18 heavy (non-hydrogen) atoms. The van der Waals surface area contributed by atoms with Crippen molar-refractivity contribution in [2.24, 2.45) is 0 Å². The van der Waals surface area contributed by atoms with Crippen LogP contribution < -0.4 is 10.6 Å². The van der Waals surface area contributed by atoms with Crippen molar-refractivity contribution in [1.29, 1.82) is 0 Å². The lowest BCUT2D eigenvalue weighted by atomic mass is 10.1. The van der Waals surface area contributed by atoms with Gasteiger partial charge in [0.2, 0.25) is 0 Å². The minimum Gasteiger partial charge on any atom is -0.393 e. The second-order valence-electron chi connectivity index (χ2n) is 4.80. The Balaban J connectivity index is 1.85. The highest BCUT2D eigenvalue weighted by atomic mass is 16.3. The number of fused-ring (bicyclic) bond motifs is 1. The van der Waals surface area contributed by atoms with E-state index in [1.54, 1.807) is 6.92 Å². The SMILES string of the molecule is CC(O)CCCNC(=O)c1ccc2c(c1)NCC2. The molecule has 1 aromatic rings. The molecule has 2 rings (SSSR count). The van der Waals surface area contributed by atoms with Gasteiger partial charge < -0.3 is 15.7 Å². The lowest BCUT2D eigenvalue weighted by Gasteiger charge is -2.08. The fourth-order valence-corrected chi connectivity index (χ4v) is 2.13. The molecule has 1 heterocycles. The lowest BCUT2D eigenvalue weighted by molar-refractivity contribution is 0.0949. The van der Waals surface area contributed by atoms with Crippen molar-refractivity contribution >= 4 is 11.6 Å². The van der Waals surface area contributed by atoms with E-state index in [4.69, 9.17) is 5.11 Å². The van der Waals surface area contributed by atoms with Crippen molar-refractivity contribution in [1.82, 2.24) is 5.32 Å². The minimum absolute atomic E-state index is 0.0444. The molecule has 0 saturated heterocycles. The van der Waals surface area contributed by atoms with Crippen molar-refractivity contribution in [2.45, 2.75) is 32.3 Å². The van der Waals surface area contributed by atoms with Crippen molar-refractivity contribution in [3.05, 3.63) is 29.3 Å². The van der Waals surface area contributed by atoms with Crippen LogP contribution in [0.4, 0.5) is 5.69 Å². The fourth-order valence-electron chi connectivity index (χ4n) is 2.13. The molecule has 4 heteroatoms. The van der Waals surface area contributed by atoms with Gasteiger partial charge in [0.15, 0.2) is 0 Å². The summed E-state index contributed by atoms with van der Waals surface area (Å²) < 4.78 is 0. The molecule has 1 amide bonds. The van der Waals surface area contributed by atoms with Gasteiger partial charge >= 0.3 is 0 Å². The average Bonchev–Trinajstić information content (AvgIpc) is 2.81. The van der Waals surface area contributed by atoms with E-state index in [9.17, 15) is 4.79 Å². The summed E-state index contributed by atoms with van der Waals surface area (Å²) in [7, 11) is 0. The summed E-state index contributed by atoms with van der Waals surface area (Å²) in [5.41, 5.74) is 3.05. The predicted octanol–water partition coefficient (Wildman–Crippen LogP) is 1.55. The number of anilines is 1. The van der Waals surface area contributed by atoms with Crippen molar-refractivity contribution < 1.29 is 9.90 Å². The van der Waals surface area contributed by atoms with Crippen LogP contribution >= 0.6 is 0 Å². The number of aliphatic hydroxyl groups is 1. The maximum absolute atomic E-state index is 11.9. The number of amides is 1. The van der Waals surface area contributed by atoms with Crippen LogP contribution in [0.25, 0.3) is 0 Å². The number of benzene rings is 1. The first-order valence-corrected chi connectivity index (χ1v) is 6.50. The fraction of sp³-hybridized carbons (Fsp3) is 0.500. The molecule has 1 aliphatic heterocycles. The number of aliphatic hydroxyl groups excluding tert-OH is 1. The van der Waals surface area contributed by atoms with Gasteiger partial charge in [0.25, 0.3) is 5.91 Å². The highest BCUT2D eigenvalue weighted by Gasteiger charge is 2.12. The molecule has 0 saturated carbocycles. The van der Waals surface area contributed by atoms with Crippen LogP contribution in [0.15, 0.2) is 18.2 Å². The molecule has 4 nitrogen and oxygen atoms in total. The first-order chi connectivity index (χ1) is 8.66. The van der Waals surface area contributed by atoms with E-state index in [-0.39, 0.29) is 12.0 Å². The third-order valence-corrected chi connectivity index (χ3v) is 3.17. The second-order valence-corrected chi connectivity index (χ2v) is 4.80. The second kappa shape index (κ2) is 5.87. The van der Waals surface area contributed by atoms with Crippen molar-refractivity contribution in [2.75, 3.05) is 18.4 Å². The van der Waals surface area contributed by atoms with Crippen LogP contribution in [-0.2, 0) is 6.42 Å². The van der Waals surface area contributed by atoms with Gasteiger partial charge in [0, 0.05) is 24.3 Å². The van der Waals surface area contributed by atoms with Crippen molar-refractivity contribution in [3.8, 4) is 0 Å². The largest absolute Gasteiger partial charge is 0.393 e. The Hall–Kier alpha value is -1.55. The molecule has 0 radical (unpaired) electrons. The molecule has 0 aliphatic carbocycles. The summed E-state index contributed by atoms with van der Waals surface area (Å²) in [5.74, 6) is -0.0444. The molecular formula is C14H20N2O2. The molecule has 0 bridgehead atoms. The van der Waals surface area contributed by atoms with E-state index in [1.165, 1.54) is 5.56 Å². The van der Waals surface area contributed by atoms with Crippen LogP contribution in [0, 0.1) is 0 Å². The zero-order chi connectivity index (χ0) is 13.0. The zero-order valence-corrected chi connectivity index (χ0v) is 10.7. The third kappa shape index (κ3) is 3.23. The van der Waals surface area contributed by atoms with Gasteiger partial charge in [-0.1, -0.05) is 6.07 Å². The summed E-state index contributed by atoms with van der Waals surface area (Å²) in [6.07, 6.45) is 2.25. The predicted molar refractivity (Wildman–Crippen MR) is 71.9 cm³/mol. The minimum atomic E-state index is -0.300. The first kappa shape index (κ1) is 12.9. The Kier molecular flexibility index (Phi) is 4.20. The summed E-state index contributed by atoms with van der Waals surface area (Å²) >= 11 is 0. The normalized spacial score (nSPS) is 14.8. The average molecular weight is 248 g/mol. The molecule has 0 aromatic heterocycles. The van der Waals surface area contributed by atoms with E-state index >= 15 is 0 Å². The molecule has 0 spiro atoms. The van der Waals surface area contributed by atoms with Crippen LogP contribution in [0.3, 0.4) is 0 Å². The maximum atomic E-state index is 11.9. The molecular weight excluding hydrogens is 228 g/mol. The zero-order valence-electron chi connectivity index (χ0n) is 10.7. The lowest BCUT2D eigenvalue weighted by Crippen LogP contribution is -2.25. The molecule has 3 N–H and O–H groups in total. The van der Waals surface area contributed by atoms with Gasteiger partial charge in [0.1, 0.15) is 0 Å². The monoisotopic (exact) mass is 248 g/mol. The van der Waals surface area contributed by atoms with Gasteiger partial charge in [0.05, 0.1) is 6.10 Å². The van der Waals surface area contributed by atoms with Crippen LogP contribution in [0.1, 0.15) is 35.7 Å². The summed E-state index contributed by atoms with van der Waals surface area (Å²) in [4.78, 5) is 11.9. The van der Waals surface area contributed by atoms with E-state index in [1.807, 2.05) is 18.2 Å². The van der Waals surface area contributed by atoms with Gasteiger partial charge in [-0.2, -0.15) is 0 Å². The highest BCUT2D eigenvalue weighted by molar-refractivity contribution is 5.95. The van der Waals surface area contributed by atoms with Crippen LogP contribution in [0.2, 0.25) is 0 Å². The first-order valence-electron chi connectivity index (χ1n) is 6.50. The number of rotatable bonds is 5. The Labute approximate surface area is 107 Å². The summed E-state index contributed by atoms with van der Waals surface area (Å²) in [5, 5.41) is 15.3. The Morgan fingerprint density at radius 3 is 3.17 bits per heavy atom. The topological polar surface area (TPSA) is 61.4 Å². The summed E-state index contributed by atoms with van der Waals surface area (Å²) in [6.45, 7) is 3.32. The standard InChI is InChI=1S/C14H20N2O2/c1-10(17)3-2-7-16-14(18)12-5-4-11-6-8-15-13(11)9-12/h4-5,9-10,15,17H,2-3,6-8H2,1H3,(H,16,18). The van der Waals surface area contributed by atoms with Gasteiger partial charge in [-0.25, -0.2) is 0 Å². The number of hydrogen-bond acceptors (Lipinski definition) is 3. The molecule has 1 aliphatic rings. The van der Waals surface area contributed by atoms with E-state index in [0.717, 1.165) is 25.1 Å². The number of nitrogens with one attached hydrogen (secondary N) is 2.